The molecule has 4 aromatic rings. The smallest absolute Gasteiger partial charge is 0.338 e. The van der Waals surface area contributed by atoms with Crippen LogP contribution in [0.1, 0.15) is 35.5 Å². The van der Waals surface area contributed by atoms with Crippen LogP contribution in [-0.2, 0) is 16.1 Å². The van der Waals surface area contributed by atoms with Gasteiger partial charge in [0, 0.05) is 24.0 Å². The Hall–Kier alpha value is -4.43. The zero-order chi connectivity index (χ0) is 26.5. The number of para-hydroxylation sites is 1. The summed E-state index contributed by atoms with van der Waals surface area (Å²) in [5.41, 5.74) is 2.85. The molecular formula is C30H25N3O4S. The van der Waals surface area contributed by atoms with Gasteiger partial charge in [0.25, 0.3) is 5.91 Å². The number of amidine groups is 1. The molecule has 2 aromatic heterocycles. The summed E-state index contributed by atoms with van der Waals surface area (Å²) in [6.07, 6.45) is 4.95. The maximum Gasteiger partial charge on any atom is 0.338 e. The second-order valence-corrected chi connectivity index (χ2v) is 9.84. The summed E-state index contributed by atoms with van der Waals surface area (Å²) in [6, 6.07) is 24.0. The predicted molar refractivity (Wildman–Crippen MR) is 149 cm³/mol. The molecule has 3 heterocycles. The highest BCUT2D eigenvalue weighted by Crippen LogP contribution is 2.36. The van der Waals surface area contributed by atoms with E-state index in [0.717, 1.165) is 16.8 Å². The van der Waals surface area contributed by atoms with E-state index in [0.29, 0.717) is 33.7 Å². The van der Waals surface area contributed by atoms with Crippen LogP contribution >= 0.6 is 11.8 Å². The first-order valence-corrected chi connectivity index (χ1v) is 12.9. The number of hydrogen-bond donors (Lipinski definition) is 0. The Morgan fingerprint density at radius 1 is 1.08 bits per heavy atom. The number of ether oxygens (including phenoxy) is 1. The number of nitrogens with zero attached hydrogens (tertiary/aromatic N) is 3. The Morgan fingerprint density at radius 2 is 1.92 bits per heavy atom. The van der Waals surface area contributed by atoms with Crippen LogP contribution in [0.2, 0.25) is 0 Å². The van der Waals surface area contributed by atoms with Gasteiger partial charge in [-0.05, 0) is 73.6 Å². The van der Waals surface area contributed by atoms with Crippen molar-refractivity contribution < 1.29 is 18.7 Å². The lowest BCUT2D eigenvalue weighted by atomic mass is 10.1. The molecule has 1 saturated heterocycles. The number of pyridine rings is 1. The van der Waals surface area contributed by atoms with E-state index < -0.39 is 0 Å². The van der Waals surface area contributed by atoms with E-state index in [1.165, 1.54) is 11.8 Å². The first-order chi connectivity index (χ1) is 18.5. The molecule has 1 amide bonds. The molecule has 7 nitrogen and oxygen atoms in total. The zero-order valence-electron chi connectivity index (χ0n) is 20.9. The molecular weight excluding hydrogens is 498 g/mol. The zero-order valence-corrected chi connectivity index (χ0v) is 21.7. The number of furan rings is 1. The van der Waals surface area contributed by atoms with Gasteiger partial charge in [0.05, 0.1) is 28.8 Å². The summed E-state index contributed by atoms with van der Waals surface area (Å²) in [5.74, 6) is 0.553. The molecule has 38 heavy (non-hydrogen) atoms. The lowest BCUT2D eigenvalue weighted by molar-refractivity contribution is -0.122. The molecule has 2 aromatic carbocycles. The van der Waals surface area contributed by atoms with Crippen molar-refractivity contribution in [2.24, 2.45) is 4.99 Å². The third-order valence-electron chi connectivity index (χ3n) is 5.56. The molecule has 5 rings (SSSR count). The van der Waals surface area contributed by atoms with Gasteiger partial charge in [0.15, 0.2) is 5.17 Å². The fourth-order valence-electron chi connectivity index (χ4n) is 3.81. The quantitative estimate of drug-likeness (QED) is 0.198. The molecule has 0 bridgehead atoms. The lowest BCUT2D eigenvalue weighted by Gasteiger charge is -2.15. The second kappa shape index (κ2) is 11.3. The van der Waals surface area contributed by atoms with Crippen LogP contribution in [0.15, 0.2) is 106 Å². The van der Waals surface area contributed by atoms with E-state index in [2.05, 4.69) is 4.98 Å². The van der Waals surface area contributed by atoms with Gasteiger partial charge in [-0.3, -0.25) is 14.7 Å². The van der Waals surface area contributed by atoms with Gasteiger partial charge in [-0.2, -0.15) is 0 Å². The molecule has 1 fully saturated rings. The van der Waals surface area contributed by atoms with Gasteiger partial charge < -0.3 is 9.15 Å². The van der Waals surface area contributed by atoms with Gasteiger partial charge in [0.1, 0.15) is 11.5 Å². The van der Waals surface area contributed by atoms with Crippen LogP contribution in [0.5, 0.6) is 0 Å². The minimum absolute atomic E-state index is 0.162. The Kier molecular flexibility index (Phi) is 7.51. The minimum atomic E-state index is -0.386. The maximum atomic E-state index is 13.4. The Labute approximate surface area is 224 Å². The van der Waals surface area contributed by atoms with Crippen LogP contribution in [0.4, 0.5) is 5.69 Å². The van der Waals surface area contributed by atoms with Gasteiger partial charge in [-0.25, -0.2) is 9.79 Å². The molecule has 0 spiro atoms. The summed E-state index contributed by atoms with van der Waals surface area (Å²) in [5, 5.41) is 0.583. The Bertz CT molecular complexity index is 1510. The highest BCUT2D eigenvalue weighted by Gasteiger charge is 2.34. The SMILES string of the molecule is CC(C)OC(=O)c1cccc(-c2ccc(/C=C3/SC(=Nc4ccccc4)N(Cc4cccnc4)C3=O)o2)c1. The monoisotopic (exact) mass is 523 g/mol. The molecule has 8 heteroatoms. The number of carbonyl (C=O) groups excluding carboxylic acids is 2. The van der Waals surface area contributed by atoms with Crippen LogP contribution in [-0.4, -0.2) is 33.0 Å². The number of aliphatic imine (C=N–C) groups is 1. The average Bonchev–Trinajstić information content (AvgIpc) is 3.50. The van der Waals surface area contributed by atoms with Crippen molar-refractivity contribution in [1.82, 2.24) is 9.88 Å². The number of rotatable bonds is 7. The van der Waals surface area contributed by atoms with Crippen molar-refractivity contribution in [1.29, 1.82) is 0 Å². The summed E-state index contributed by atoms with van der Waals surface area (Å²) in [7, 11) is 0. The number of aromatic nitrogens is 1. The first-order valence-electron chi connectivity index (χ1n) is 12.1. The predicted octanol–water partition coefficient (Wildman–Crippen LogP) is 6.71. The van der Waals surface area contributed by atoms with Gasteiger partial charge in [0.2, 0.25) is 0 Å². The average molecular weight is 524 g/mol. The molecule has 0 radical (unpaired) electrons. The number of benzene rings is 2. The van der Waals surface area contributed by atoms with Crippen LogP contribution in [0.3, 0.4) is 0 Å². The Morgan fingerprint density at radius 3 is 2.68 bits per heavy atom. The standard InChI is InChI=1S/C30H25N3O4S/c1-20(2)36-29(35)23-10-6-9-22(16-23)26-14-13-25(37-26)17-27-28(34)33(19-21-8-7-15-31-18-21)30(38-27)32-24-11-4-3-5-12-24/h3-18,20H,19H2,1-2H3/b27-17+,32-30?. The minimum Gasteiger partial charge on any atom is -0.459 e. The maximum absolute atomic E-state index is 13.4. The molecule has 190 valence electrons. The molecule has 0 saturated carbocycles. The van der Waals surface area contributed by atoms with Crippen molar-refractivity contribution >= 4 is 40.6 Å². The van der Waals surface area contributed by atoms with E-state index >= 15 is 0 Å². The number of esters is 1. The molecule has 0 unspecified atom stereocenters. The van der Waals surface area contributed by atoms with Crippen LogP contribution < -0.4 is 0 Å². The summed E-state index contributed by atoms with van der Waals surface area (Å²) in [4.78, 5) is 36.8. The third-order valence-corrected chi connectivity index (χ3v) is 6.56. The molecule has 0 aliphatic carbocycles. The number of hydrogen-bond acceptors (Lipinski definition) is 7. The molecule has 1 aliphatic rings. The van der Waals surface area contributed by atoms with Gasteiger partial charge in [-0.15, -0.1) is 0 Å². The molecule has 1 aliphatic heterocycles. The fraction of sp³-hybridized carbons (Fsp3) is 0.133. The van der Waals surface area contributed by atoms with Crippen LogP contribution in [0.25, 0.3) is 17.4 Å². The third kappa shape index (κ3) is 5.92. The summed E-state index contributed by atoms with van der Waals surface area (Å²) < 4.78 is 11.3. The van der Waals surface area contributed by atoms with E-state index in [4.69, 9.17) is 14.1 Å². The van der Waals surface area contributed by atoms with Crippen LogP contribution in [0, 0.1) is 0 Å². The normalized spacial score (nSPS) is 15.6. The number of thioether (sulfide) groups is 1. The van der Waals surface area contributed by atoms with E-state index in [-0.39, 0.29) is 18.0 Å². The van der Waals surface area contributed by atoms with Crippen molar-refractivity contribution in [3.8, 4) is 11.3 Å². The van der Waals surface area contributed by atoms with Crippen molar-refractivity contribution in [2.45, 2.75) is 26.5 Å². The second-order valence-electron chi connectivity index (χ2n) is 8.83. The van der Waals surface area contributed by atoms with Crippen molar-refractivity contribution in [2.75, 3.05) is 0 Å². The van der Waals surface area contributed by atoms with E-state index in [1.54, 1.807) is 47.6 Å². The highest BCUT2D eigenvalue weighted by molar-refractivity contribution is 8.18. The van der Waals surface area contributed by atoms with E-state index in [1.807, 2.05) is 68.4 Å². The van der Waals surface area contributed by atoms with Gasteiger partial charge in [-0.1, -0.05) is 36.4 Å². The molecule has 0 atom stereocenters. The summed E-state index contributed by atoms with van der Waals surface area (Å²) in [6.45, 7) is 3.97. The molecule has 0 N–H and O–H groups in total. The van der Waals surface area contributed by atoms with E-state index in [9.17, 15) is 9.59 Å². The van der Waals surface area contributed by atoms with Crippen molar-refractivity contribution in [3.63, 3.8) is 0 Å². The number of amides is 1. The lowest BCUT2D eigenvalue weighted by Crippen LogP contribution is -2.28. The highest BCUT2D eigenvalue weighted by atomic mass is 32.2. The fourth-order valence-corrected chi connectivity index (χ4v) is 4.79. The largest absolute Gasteiger partial charge is 0.459 e. The van der Waals surface area contributed by atoms with Gasteiger partial charge >= 0.3 is 5.97 Å². The first kappa shape index (κ1) is 25.2. The number of carbonyl (C=O) groups is 2. The Balaban J connectivity index is 1.42. The van der Waals surface area contributed by atoms with Crippen molar-refractivity contribution in [3.05, 3.63) is 113 Å². The topological polar surface area (TPSA) is 85.0 Å². The summed E-state index contributed by atoms with van der Waals surface area (Å²) >= 11 is 1.30.